The van der Waals surface area contributed by atoms with E-state index in [-0.39, 0.29) is 16.5 Å². The third kappa shape index (κ3) is 10.6. The predicted octanol–water partition coefficient (Wildman–Crippen LogP) is 11.5. The van der Waals surface area contributed by atoms with Gasteiger partial charge >= 0.3 is 0 Å². The quantitative estimate of drug-likeness (QED) is 0.0750. The fourth-order valence-corrected chi connectivity index (χ4v) is 8.69. The van der Waals surface area contributed by atoms with Gasteiger partial charge in [0, 0.05) is 33.7 Å². The van der Waals surface area contributed by atoms with Gasteiger partial charge in [0.05, 0.1) is 13.6 Å². The molecule has 0 aromatic heterocycles. The number of fused-ring (bicyclic) bond motifs is 1. The van der Waals surface area contributed by atoms with Crippen LogP contribution >= 0.6 is 7.92 Å². The molecule has 7 aromatic carbocycles. The van der Waals surface area contributed by atoms with E-state index in [0.717, 1.165) is 27.6 Å². The molecule has 266 valence electrons. The molecule has 0 radical (unpaired) electrons. The van der Waals surface area contributed by atoms with Crippen LogP contribution in [0.25, 0.3) is 10.8 Å². The van der Waals surface area contributed by atoms with Crippen LogP contribution in [0.2, 0.25) is 0 Å². The van der Waals surface area contributed by atoms with Crippen molar-refractivity contribution in [3.63, 3.8) is 0 Å². The number of benzene rings is 7. The second-order valence-electron chi connectivity index (χ2n) is 13.1. The third-order valence-corrected chi connectivity index (χ3v) is 11.5. The Bertz CT molecular complexity index is 1970. The van der Waals surface area contributed by atoms with Gasteiger partial charge in [-0.15, -0.1) is 0 Å². The molecule has 0 aliphatic carbocycles. The smallest absolute Gasteiger partial charge is 0.132 e. The minimum Gasteiger partial charge on any atom is -0.507 e. The van der Waals surface area contributed by atoms with Crippen molar-refractivity contribution in [1.82, 2.24) is 0 Å². The number of aliphatic imine (C=N–C) groups is 1. The summed E-state index contributed by atoms with van der Waals surface area (Å²) in [5, 5.41) is 17.0. The number of hydrogen-bond acceptors (Lipinski definition) is 2. The Morgan fingerprint density at radius 1 is 0.558 bits per heavy atom. The van der Waals surface area contributed by atoms with Gasteiger partial charge in [-0.3, -0.25) is 4.99 Å². The summed E-state index contributed by atoms with van der Waals surface area (Å²) in [7, 11) is -0.877. The average Bonchev–Trinajstić information content (AvgIpc) is 3.17. The maximum Gasteiger partial charge on any atom is 0.132 e. The van der Waals surface area contributed by atoms with Crippen LogP contribution < -0.4 is 15.9 Å². The van der Waals surface area contributed by atoms with Crippen LogP contribution in [-0.2, 0) is 16.5 Å². The van der Waals surface area contributed by atoms with Gasteiger partial charge < -0.3 is 5.11 Å². The number of hydrogen-bond donors (Lipinski definition) is 1. The van der Waals surface area contributed by atoms with Crippen molar-refractivity contribution < 1.29 is 21.6 Å². The maximum atomic E-state index is 10.8. The molecular formula is C48H48NNiOP. The van der Waals surface area contributed by atoms with E-state index in [1.165, 1.54) is 27.0 Å². The van der Waals surface area contributed by atoms with Gasteiger partial charge in [0.15, 0.2) is 0 Å². The molecule has 0 amide bonds. The monoisotopic (exact) mass is 743 g/mol. The third-order valence-electron chi connectivity index (χ3n) is 8.73. The number of aromatic hydroxyl groups is 1. The Morgan fingerprint density at radius 2 is 1.02 bits per heavy atom. The van der Waals surface area contributed by atoms with Crippen molar-refractivity contribution in [1.29, 1.82) is 0 Å². The van der Waals surface area contributed by atoms with Crippen molar-refractivity contribution in [2.24, 2.45) is 4.99 Å². The predicted molar refractivity (Wildman–Crippen MR) is 224 cm³/mol. The van der Waals surface area contributed by atoms with Gasteiger partial charge in [0.2, 0.25) is 0 Å². The number of phenols is 1. The molecule has 0 saturated heterocycles. The van der Waals surface area contributed by atoms with Gasteiger partial charge in [0.1, 0.15) is 21.7 Å². The SMILES string of the molecule is Cc1cccc2ccc(C=Nc3c(C(C)C)cccc3C(C)C)c(O)c12.[Ni].[c-]1ccccc1.c1ccc([PH+](c2ccccc2)c2ccccc2)cc1. The molecule has 4 heteroatoms. The van der Waals surface area contributed by atoms with E-state index in [1.807, 2.05) is 67.6 Å². The topological polar surface area (TPSA) is 32.6 Å². The molecule has 0 saturated carbocycles. The Morgan fingerprint density at radius 3 is 1.44 bits per heavy atom. The molecule has 52 heavy (non-hydrogen) atoms. The minimum absolute atomic E-state index is 0. The molecule has 0 atom stereocenters. The van der Waals surface area contributed by atoms with E-state index in [9.17, 15) is 5.11 Å². The summed E-state index contributed by atoms with van der Waals surface area (Å²) in [4.78, 5) is 4.83. The first-order valence-electron chi connectivity index (χ1n) is 17.7. The number of para-hydroxylation sites is 1. The maximum absolute atomic E-state index is 10.8. The second kappa shape index (κ2) is 20.3. The van der Waals surface area contributed by atoms with Crippen LogP contribution in [0.5, 0.6) is 5.75 Å². The normalized spacial score (nSPS) is 10.8. The molecule has 7 rings (SSSR count). The number of phenolic OH excluding ortho intramolecular Hbond substituents is 1. The molecule has 0 aliphatic rings. The van der Waals surface area contributed by atoms with Crippen molar-refractivity contribution >= 4 is 46.5 Å². The van der Waals surface area contributed by atoms with Gasteiger partial charge in [-0.1, -0.05) is 125 Å². The van der Waals surface area contributed by atoms with E-state index in [2.05, 4.69) is 143 Å². The zero-order chi connectivity index (χ0) is 36.0. The summed E-state index contributed by atoms with van der Waals surface area (Å²) >= 11 is 0. The van der Waals surface area contributed by atoms with Crippen LogP contribution in [0.3, 0.4) is 0 Å². The minimum atomic E-state index is -0.877. The molecule has 0 aliphatic heterocycles. The van der Waals surface area contributed by atoms with E-state index in [0.29, 0.717) is 17.6 Å². The Kier molecular flexibility index (Phi) is 15.6. The van der Waals surface area contributed by atoms with Crippen molar-refractivity contribution in [3.8, 4) is 5.75 Å². The molecule has 7 aromatic rings. The van der Waals surface area contributed by atoms with Crippen molar-refractivity contribution in [2.75, 3.05) is 0 Å². The molecule has 0 unspecified atom stereocenters. The molecule has 0 heterocycles. The molecule has 2 nitrogen and oxygen atoms in total. The van der Waals surface area contributed by atoms with Crippen molar-refractivity contribution in [2.45, 2.75) is 46.5 Å². The molecular weight excluding hydrogens is 696 g/mol. The van der Waals surface area contributed by atoms with E-state index < -0.39 is 7.92 Å². The first kappa shape index (κ1) is 40.0. The second-order valence-corrected chi connectivity index (χ2v) is 15.6. The zero-order valence-corrected chi connectivity index (χ0v) is 32.6. The van der Waals surface area contributed by atoms with Crippen LogP contribution in [0.1, 0.15) is 61.8 Å². The standard InChI is InChI=1S/C24H27NO.C18H15P.C6H5.Ni/c1-15(2)20-10-7-11-21(16(3)4)23(20)25-14-19-13-12-18-9-6-8-17(5)22(18)24(19)26;1-4-10-16(11-5-1)19(17-12-6-2-7-13-17)18-14-8-3-9-15-18;1-2-4-6-5-3-1;/h6-16,26H,1-5H3;1-15H;1-5H;/q;;-1;/p+1. The Labute approximate surface area is 322 Å². The van der Waals surface area contributed by atoms with Gasteiger partial charge in [-0.05, 0) is 83.3 Å². The summed E-state index contributed by atoms with van der Waals surface area (Å²) in [5.41, 5.74) is 5.33. The summed E-state index contributed by atoms with van der Waals surface area (Å²) in [6.07, 6.45) is 1.80. The van der Waals surface area contributed by atoms with Gasteiger partial charge in [0.25, 0.3) is 0 Å². The molecule has 0 spiro atoms. The fraction of sp³-hybridized carbons (Fsp3) is 0.146. The number of nitrogens with zero attached hydrogens (tertiary/aromatic N) is 1. The van der Waals surface area contributed by atoms with Crippen LogP contribution in [-0.4, -0.2) is 11.3 Å². The summed E-state index contributed by atoms with van der Waals surface area (Å²) in [6, 6.07) is 61.4. The van der Waals surface area contributed by atoms with Gasteiger partial charge in [-0.25, -0.2) is 0 Å². The van der Waals surface area contributed by atoms with Crippen molar-refractivity contribution in [3.05, 3.63) is 198 Å². The van der Waals surface area contributed by atoms with E-state index in [4.69, 9.17) is 4.99 Å². The summed E-state index contributed by atoms with van der Waals surface area (Å²) < 4.78 is 0. The number of aryl methyl sites for hydroxylation is 1. The van der Waals surface area contributed by atoms with Crippen LogP contribution in [0.4, 0.5) is 5.69 Å². The zero-order valence-electron chi connectivity index (χ0n) is 30.6. The fourth-order valence-electron chi connectivity index (χ4n) is 6.11. The molecule has 0 fully saturated rings. The Hall–Kier alpha value is -4.81. The summed E-state index contributed by atoms with van der Waals surface area (Å²) in [6.45, 7) is 10.8. The molecule has 1 N–H and O–H groups in total. The van der Waals surface area contributed by atoms with E-state index >= 15 is 0 Å². The van der Waals surface area contributed by atoms with Gasteiger partial charge in [-0.2, -0.15) is 36.4 Å². The summed E-state index contributed by atoms with van der Waals surface area (Å²) in [5.74, 6) is 1.10. The van der Waals surface area contributed by atoms with Crippen LogP contribution in [0, 0.1) is 13.0 Å². The van der Waals surface area contributed by atoms with E-state index in [1.54, 1.807) is 6.21 Å². The first-order chi connectivity index (χ1) is 24.8. The first-order valence-corrected chi connectivity index (χ1v) is 19.2. The van der Waals surface area contributed by atoms with Crippen LogP contribution in [0.15, 0.2) is 175 Å². The average molecular weight is 745 g/mol. The Balaban J connectivity index is 0.000000203. The largest absolute Gasteiger partial charge is 0.507 e. The molecule has 0 bridgehead atoms. The number of rotatable bonds is 7.